The van der Waals surface area contributed by atoms with Crippen molar-refractivity contribution >= 4 is 17.2 Å². The van der Waals surface area contributed by atoms with Gasteiger partial charge in [0.2, 0.25) is 0 Å². The number of amides is 1. The number of hydrogen-bond acceptors (Lipinski definition) is 4. The van der Waals surface area contributed by atoms with Gasteiger partial charge in [0.05, 0.1) is 0 Å². The zero-order valence-electron chi connectivity index (χ0n) is 12.2. The Morgan fingerprint density at radius 2 is 2.19 bits per heavy atom. The maximum atomic E-state index is 12.7. The van der Waals surface area contributed by atoms with E-state index in [2.05, 4.69) is 16.9 Å². The van der Waals surface area contributed by atoms with Gasteiger partial charge in [-0.05, 0) is 37.8 Å². The Labute approximate surface area is 128 Å². The van der Waals surface area contributed by atoms with Gasteiger partial charge in [0.1, 0.15) is 10.7 Å². The summed E-state index contributed by atoms with van der Waals surface area (Å²) in [6.45, 7) is 3.01. The minimum Gasteiger partial charge on any atom is -0.334 e. The van der Waals surface area contributed by atoms with Crippen LogP contribution in [-0.2, 0) is 0 Å². The second-order valence-electron chi connectivity index (χ2n) is 5.33. The molecule has 1 unspecified atom stereocenters. The van der Waals surface area contributed by atoms with Crippen molar-refractivity contribution < 1.29 is 4.79 Å². The van der Waals surface area contributed by atoms with Crippen LogP contribution in [0.25, 0.3) is 10.6 Å². The van der Waals surface area contributed by atoms with Crippen molar-refractivity contribution in [3.8, 4) is 10.6 Å². The molecule has 1 amide bonds. The second-order valence-corrected chi connectivity index (χ2v) is 6.19. The van der Waals surface area contributed by atoms with E-state index in [1.807, 2.05) is 22.4 Å². The molecule has 0 bridgehead atoms. The van der Waals surface area contributed by atoms with Crippen LogP contribution in [0.15, 0.2) is 29.9 Å². The van der Waals surface area contributed by atoms with Crippen LogP contribution in [0.4, 0.5) is 0 Å². The Morgan fingerprint density at radius 1 is 1.38 bits per heavy atom. The molecule has 2 aromatic rings. The molecule has 110 valence electrons. The van der Waals surface area contributed by atoms with Gasteiger partial charge in [-0.15, -0.1) is 11.3 Å². The van der Waals surface area contributed by atoms with Crippen molar-refractivity contribution in [2.45, 2.75) is 38.6 Å². The Balaban J connectivity index is 1.81. The van der Waals surface area contributed by atoms with Crippen LogP contribution in [0, 0.1) is 0 Å². The van der Waals surface area contributed by atoms with Crippen LogP contribution in [0.2, 0.25) is 0 Å². The predicted molar refractivity (Wildman–Crippen MR) is 84.3 cm³/mol. The molecule has 1 saturated heterocycles. The third-order valence-electron chi connectivity index (χ3n) is 4.01. The molecule has 4 nitrogen and oxygen atoms in total. The fraction of sp³-hybridized carbons (Fsp3) is 0.438. The Hall–Kier alpha value is -1.75. The summed E-state index contributed by atoms with van der Waals surface area (Å²) in [5, 5.41) is 2.75. The molecule has 0 saturated carbocycles. The summed E-state index contributed by atoms with van der Waals surface area (Å²) >= 11 is 1.52. The number of piperidine rings is 1. The number of carbonyl (C=O) groups excluding carboxylic acids is 1. The van der Waals surface area contributed by atoms with Crippen LogP contribution < -0.4 is 0 Å². The van der Waals surface area contributed by atoms with Gasteiger partial charge in [-0.2, -0.15) is 0 Å². The number of hydrogen-bond donors (Lipinski definition) is 0. The number of aromatic nitrogens is 2. The number of carbonyl (C=O) groups is 1. The first-order valence-corrected chi connectivity index (χ1v) is 8.34. The monoisotopic (exact) mass is 301 g/mol. The van der Waals surface area contributed by atoms with Crippen LogP contribution in [0.3, 0.4) is 0 Å². The summed E-state index contributed by atoms with van der Waals surface area (Å²) in [5.74, 6) is 0.0816. The highest BCUT2D eigenvalue weighted by molar-refractivity contribution is 7.13. The van der Waals surface area contributed by atoms with Crippen LogP contribution >= 0.6 is 11.3 Å². The fourth-order valence-corrected chi connectivity index (χ4v) is 3.64. The normalized spacial score (nSPS) is 18.7. The second kappa shape index (κ2) is 6.35. The Bertz CT molecular complexity index is 611. The number of likely N-dealkylation sites (tertiary alicyclic amines) is 1. The molecule has 1 aliphatic heterocycles. The lowest BCUT2D eigenvalue weighted by Gasteiger charge is -2.34. The highest BCUT2D eigenvalue weighted by Crippen LogP contribution is 2.26. The lowest BCUT2D eigenvalue weighted by molar-refractivity contribution is 0.0603. The fourth-order valence-electron chi connectivity index (χ4n) is 2.84. The molecule has 0 aliphatic carbocycles. The summed E-state index contributed by atoms with van der Waals surface area (Å²) < 4.78 is 0. The van der Waals surface area contributed by atoms with Crippen molar-refractivity contribution in [1.82, 2.24) is 14.9 Å². The molecule has 1 atom stereocenters. The highest BCUT2D eigenvalue weighted by atomic mass is 32.1. The summed E-state index contributed by atoms with van der Waals surface area (Å²) in [6, 6.07) is 4.21. The quantitative estimate of drug-likeness (QED) is 0.870. The van der Waals surface area contributed by atoms with E-state index in [1.54, 1.807) is 12.4 Å². The zero-order valence-corrected chi connectivity index (χ0v) is 13.0. The molecule has 1 aliphatic rings. The van der Waals surface area contributed by atoms with Crippen molar-refractivity contribution in [1.29, 1.82) is 0 Å². The van der Waals surface area contributed by atoms with Gasteiger partial charge < -0.3 is 4.90 Å². The molecule has 3 rings (SSSR count). The van der Waals surface area contributed by atoms with Crippen molar-refractivity contribution in [2.75, 3.05) is 6.54 Å². The van der Waals surface area contributed by atoms with E-state index in [-0.39, 0.29) is 5.91 Å². The summed E-state index contributed by atoms with van der Waals surface area (Å²) in [6.07, 6.45) is 7.95. The minimum absolute atomic E-state index is 0.0816. The van der Waals surface area contributed by atoms with E-state index < -0.39 is 0 Å². The average Bonchev–Trinajstić information content (AvgIpc) is 3.05. The largest absolute Gasteiger partial charge is 0.334 e. The van der Waals surface area contributed by atoms with Gasteiger partial charge in [0.25, 0.3) is 5.91 Å². The molecule has 1 fully saturated rings. The third-order valence-corrected chi connectivity index (χ3v) is 4.90. The van der Waals surface area contributed by atoms with Crippen LogP contribution in [-0.4, -0.2) is 33.4 Å². The van der Waals surface area contributed by atoms with E-state index in [0.717, 1.165) is 36.4 Å². The molecule has 21 heavy (non-hydrogen) atoms. The van der Waals surface area contributed by atoms with Crippen molar-refractivity contribution in [2.24, 2.45) is 0 Å². The maximum absolute atomic E-state index is 12.7. The highest BCUT2D eigenvalue weighted by Gasteiger charge is 2.27. The molecular formula is C16H19N3OS. The van der Waals surface area contributed by atoms with Crippen LogP contribution in [0.1, 0.15) is 43.1 Å². The molecule has 0 spiro atoms. The van der Waals surface area contributed by atoms with Gasteiger partial charge in [0.15, 0.2) is 0 Å². The van der Waals surface area contributed by atoms with E-state index in [1.165, 1.54) is 17.8 Å². The smallest absolute Gasteiger partial charge is 0.273 e. The van der Waals surface area contributed by atoms with Gasteiger partial charge in [-0.3, -0.25) is 9.78 Å². The molecule has 0 aromatic carbocycles. The molecule has 3 heterocycles. The van der Waals surface area contributed by atoms with Gasteiger partial charge >= 0.3 is 0 Å². The number of pyridine rings is 1. The SMILES string of the molecule is CCC1CCCCN1C(=O)c1csc(-c2ccncc2)n1. The lowest BCUT2D eigenvalue weighted by atomic mass is 10.00. The third kappa shape index (κ3) is 2.97. The van der Waals surface area contributed by atoms with Crippen molar-refractivity contribution in [3.63, 3.8) is 0 Å². The predicted octanol–water partition coefficient (Wildman–Crippen LogP) is 3.61. The summed E-state index contributed by atoms with van der Waals surface area (Å²) in [5.41, 5.74) is 1.59. The lowest BCUT2D eigenvalue weighted by Crippen LogP contribution is -2.43. The first-order chi connectivity index (χ1) is 10.3. The summed E-state index contributed by atoms with van der Waals surface area (Å²) in [7, 11) is 0. The standard InChI is InChI=1S/C16H19N3OS/c1-2-13-5-3-4-10-19(13)16(20)14-11-21-15(18-14)12-6-8-17-9-7-12/h6-9,11,13H,2-5,10H2,1H3. The first kappa shape index (κ1) is 14.2. The Morgan fingerprint density at radius 3 is 2.95 bits per heavy atom. The maximum Gasteiger partial charge on any atom is 0.273 e. The minimum atomic E-state index is 0.0816. The van der Waals surface area contributed by atoms with Gasteiger partial charge in [0, 0.05) is 35.9 Å². The average molecular weight is 301 g/mol. The summed E-state index contributed by atoms with van der Waals surface area (Å²) in [4.78, 5) is 23.2. The first-order valence-electron chi connectivity index (χ1n) is 7.46. The van der Waals surface area contributed by atoms with Gasteiger partial charge in [-0.25, -0.2) is 4.98 Å². The molecule has 5 heteroatoms. The molecular weight excluding hydrogens is 282 g/mol. The molecule has 0 radical (unpaired) electrons. The number of nitrogens with zero attached hydrogens (tertiary/aromatic N) is 3. The van der Waals surface area contributed by atoms with E-state index in [9.17, 15) is 4.79 Å². The number of rotatable bonds is 3. The van der Waals surface area contributed by atoms with E-state index in [0.29, 0.717) is 11.7 Å². The Kier molecular flexibility index (Phi) is 4.29. The zero-order chi connectivity index (χ0) is 14.7. The van der Waals surface area contributed by atoms with Gasteiger partial charge in [-0.1, -0.05) is 6.92 Å². The topological polar surface area (TPSA) is 46.1 Å². The van der Waals surface area contributed by atoms with E-state index in [4.69, 9.17) is 0 Å². The van der Waals surface area contributed by atoms with Crippen LogP contribution in [0.5, 0.6) is 0 Å². The van der Waals surface area contributed by atoms with E-state index >= 15 is 0 Å². The molecule has 2 aromatic heterocycles. The molecule has 0 N–H and O–H groups in total. The number of thiazole rings is 1. The van der Waals surface area contributed by atoms with Crippen molar-refractivity contribution in [3.05, 3.63) is 35.6 Å².